The number of benzene rings is 1. The number of hydrogen-bond acceptors (Lipinski definition) is 3. The number of carbonyl (C=O) groups excluding carboxylic acids is 1. The molecule has 19 heavy (non-hydrogen) atoms. The number of rotatable bonds is 4. The first-order chi connectivity index (χ1) is 9.01. The van der Waals surface area contributed by atoms with E-state index in [0.717, 1.165) is 0 Å². The van der Waals surface area contributed by atoms with Gasteiger partial charge in [0.05, 0.1) is 13.5 Å². The summed E-state index contributed by atoms with van der Waals surface area (Å²) in [6.45, 7) is 0.478. The summed E-state index contributed by atoms with van der Waals surface area (Å²) in [4.78, 5) is 23.7. The molecule has 102 valence electrons. The maximum absolute atomic E-state index is 13.8. The minimum Gasteiger partial charge on any atom is -0.497 e. The van der Waals surface area contributed by atoms with Crippen molar-refractivity contribution in [3.63, 3.8) is 0 Å². The summed E-state index contributed by atoms with van der Waals surface area (Å²) < 4.78 is 18.8. The Bertz CT molecular complexity index is 530. The number of ether oxygens (including phenoxy) is 1. The first-order valence-corrected chi connectivity index (χ1v) is 5.86. The van der Waals surface area contributed by atoms with E-state index in [0.29, 0.717) is 23.4 Å². The molecule has 0 aromatic heterocycles. The predicted molar refractivity (Wildman–Crippen MR) is 64.1 cm³/mol. The maximum atomic E-state index is 13.8. The highest BCUT2D eigenvalue weighted by Crippen LogP contribution is 2.29. The maximum Gasteiger partial charge on any atom is 0.303 e. The standard InChI is InChI=1S/C13H14FNO4/c1-19-9-4-8-6-15(7-10(8)11(14)5-9)12(16)2-3-13(17)18/h4-5H,2-3,6-7H2,1H3,(H,17,18). The number of hydrogen-bond donors (Lipinski definition) is 1. The molecule has 5 nitrogen and oxygen atoms in total. The van der Waals surface area contributed by atoms with Crippen LogP contribution in [0.1, 0.15) is 24.0 Å². The number of carboxylic acid groups (broad SMARTS) is 1. The van der Waals surface area contributed by atoms with Crippen LogP contribution in [0.2, 0.25) is 0 Å². The molecule has 0 saturated carbocycles. The van der Waals surface area contributed by atoms with Gasteiger partial charge in [0.15, 0.2) is 0 Å². The molecule has 1 N–H and O–H groups in total. The van der Waals surface area contributed by atoms with Crippen LogP contribution in [0.15, 0.2) is 12.1 Å². The van der Waals surface area contributed by atoms with E-state index in [-0.39, 0.29) is 25.3 Å². The van der Waals surface area contributed by atoms with Crippen molar-refractivity contribution < 1.29 is 23.8 Å². The van der Waals surface area contributed by atoms with Crippen molar-refractivity contribution in [2.24, 2.45) is 0 Å². The van der Waals surface area contributed by atoms with Crippen LogP contribution in [-0.4, -0.2) is 29.0 Å². The largest absolute Gasteiger partial charge is 0.497 e. The van der Waals surface area contributed by atoms with Gasteiger partial charge in [0.2, 0.25) is 5.91 Å². The SMILES string of the molecule is COc1cc(F)c2c(c1)CN(C(=O)CCC(=O)O)C2. The third-order valence-corrected chi connectivity index (χ3v) is 3.11. The van der Waals surface area contributed by atoms with E-state index >= 15 is 0 Å². The number of methoxy groups -OCH3 is 1. The van der Waals surface area contributed by atoms with Crippen LogP contribution in [0.5, 0.6) is 5.75 Å². The van der Waals surface area contributed by atoms with E-state index in [4.69, 9.17) is 9.84 Å². The quantitative estimate of drug-likeness (QED) is 0.898. The number of carbonyl (C=O) groups is 2. The lowest BCUT2D eigenvalue weighted by Crippen LogP contribution is -2.25. The summed E-state index contributed by atoms with van der Waals surface area (Å²) in [6, 6.07) is 2.98. The molecular weight excluding hydrogens is 253 g/mol. The van der Waals surface area contributed by atoms with Crippen molar-refractivity contribution in [1.82, 2.24) is 4.90 Å². The average Bonchev–Trinajstić information content (AvgIpc) is 2.80. The van der Waals surface area contributed by atoms with Gasteiger partial charge in [-0.1, -0.05) is 0 Å². The van der Waals surface area contributed by atoms with Gasteiger partial charge < -0.3 is 14.7 Å². The molecule has 2 rings (SSSR count). The summed E-state index contributed by atoms with van der Waals surface area (Å²) in [5.41, 5.74) is 1.19. The molecule has 0 saturated heterocycles. The Morgan fingerprint density at radius 1 is 1.37 bits per heavy atom. The molecule has 1 aromatic rings. The van der Waals surface area contributed by atoms with Gasteiger partial charge in [-0.3, -0.25) is 9.59 Å². The third-order valence-electron chi connectivity index (χ3n) is 3.11. The molecule has 0 atom stereocenters. The van der Waals surface area contributed by atoms with E-state index in [1.54, 1.807) is 6.07 Å². The summed E-state index contributed by atoms with van der Waals surface area (Å²) in [5.74, 6) is -1.28. The number of halogens is 1. The fourth-order valence-corrected chi connectivity index (χ4v) is 2.10. The zero-order valence-electron chi connectivity index (χ0n) is 10.5. The smallest absolute Gasteiger partial charge is 0.303 e. The summed E-state index contributed by atoms with van der Waals surface area (Å²) in [5, 5.41) is 8.54. The van der Waals surface area contributed by atoms with E-state index in [9.17, 15) is 14.0 Å². The Morgan fingerprint density at radius 2 is 2.11 bits per heavy atom. The normalized spacial score (nSPS) is 13.3. The highest BCUT2D eigenvalue weighted by atomic mass is 19.1. The molecule has 1 aliphatic rings. The van der Waals surface area contributed by atoms with Crippen molar-refractivity contribution in [2.45, 2.75) is 25.9 Å². The van der Waals surface area contributed by atoms with E-state index in [2.05, 4.69) is 0 Å². The molecular formula is C13H14FNO4. The zero-order valence-corrected chi connectivity index (χ0v) is 10.5. The van der Waals surface area contributed by atoms with Crippen LogP contribution < -0.4 is 4.74 Å². The Labute approximate surface area is 109 Å². The van der Waals surface area contributed by atoms with E-state index in [1.165, 1.54) is 18.1 Å². The van der Waals surface area contributed by atoms with Crippen LogP contribution in [0, 0.1) is 5.82 Å². The second-order valence-corrected chi connectivity index (χ2v) is 4.39. The Balaban J connectivity index is 2.09. The summed E-state index contributed by atoms with van der Waals surface area (Å²) in [6.07, 6.45) is -0.278. The highest BCUT2D eigenvalue weighted by molar-refractivity contribution is 5.81. The number of carboxylic acids is 1. The summed E-state index contributed by atoms with van der Waals surface area (Å²) >= 11 is 0. The number of aliphatic carboxylic acids is 1. The van der Waals surface area contributed by atoms with Gasteiger partial charge in [-0.25, -0.2) is 4.39 Å². The molecule has 0 unspecified atom stereocenters. The van der Waals surface area contributed by atoms with Crippen LogP contribution in [-0.2, 0) is 22.7 Å². The van der Waals surface area contributed by atoms with Crippen molar-refractivity contribution in [3.8, 4) is 5.75 Å². The molecule has 0 radical (unpaired) electrons. The molecule has 0 aliphatic carbocycles. The first-order valence-electron chi connectivity index (χ1n) is 5.86. The summed E-state index contributed by atoms with van der Waals surface area (Å²) in [7, 11) is 1.45. The third kappa shape index (κ3) is 2.83. The lowest BCUT2D eigenvalue weighted by atomic mass is 10.1. The van der Waals surface area contributed by atoms with Crippen LogP contribution >= 0.6 is 0 Å². The lowest BCUT2D eigenvalue weighted by Gasteiger charge is -2.14. The van der Waals surface area contributed by atoms with Crippen molar-refractivity contribution in [1.29, 1.82) is 0 Å². The zero-order chi connectivity index (χ0) is 14.0. The predicted octanol–water partition coefficient (Wildman–Crippen LogP) is 1.54. The fourth-order valence-electron chi connectivity index (χ4n) is 2.10. The fraction of sp³-hybridized carbons (Fsp3) is 0.385. The Hall–Kier alpha value is -2.11. The topological polar surface area (TPSA) is 66.8 Å². The van der Waals surface area contributed by atoms with Crippen LogP contribution in [0.3, 0.4) is 0 Å². The van der Waals surface area contributed by atoms with Crippen molar-refractivity contribution in [3.05, 3.63) is 29.1 Å². The molecule has 0 fully saturated rings. The van der Waals surface area contributed by atoms with Crippen LogP contribution in [0.25, 0.3) is 0 Å². The molecule has 1 aliphatic heterocycles. The molecule has 6 heteroatoms. The van der Waals surface area contributed by atoms with Crippen molar-refractivity contribution >= 4 is 11.9 Å². The van der Waals surface area contributed by atoms with Gasteiger partial charge >= 0.3 is 5.97 Å². The second-order valence-electron chi connectivity index (χ2n) is 4.39. The first kappa shape index (κ1) is 13.3. The second kappa shape index (κ2) is 5.26. The number of amides is 1. The van der Waals surface area contributed by atoms with Crippen molar-refractivity contribution in [2.75, 3.05) is 7.11 Å². The van der Waals surface area contributed by atoms with Gasteiger partial charge in [-0.05, 0) is 11.6 Å². The minimum absolute atomic E-state index is 0.0674. The van der Waals surface area contributed by atoms with Gasteiger partial charge in [-0.15, -0.1) is 0 Å². The molecule has 0 bridgehead atoms. The van der Waals surface area contributed by atoms with E-state index < -0.39 is 11.8 Å². The van der Waals surface area contributed by atoms with Crippen LogP contribution in [0.4, 0.5) is 4.39 Å². The monoisotopic (exact) mass is 267 g/mol. The highest BCUT2D eigenvalue weighted by Gasteiger charge is 2.26. The number of nitrogens with zero attached hydrogens (tertiary/aromatic N) is 1. The molecule has 1 aromatic carbocycles. The molecule has 1 heterocycles. The van der Waals surface area contributed by atoms with Gasteiger partial charge in [0.25, 0.3) is 0 Å². The molecule has 1 amide bonds. The Morgan fingerprint density at radius 3 is 2.74 bits per heavy atom. The van der Waals surface area contributed by atoms with Gasteiger partial charge in [0.1, 0.15) is 11.6 Å². The number of fused-ring (bicyclic) bond motifs is 1. The van der Waals surface area contributed by atoms with Gasteiger partial charge in [-0.2, -0.15) is 0 Å². The van der Waals surface area contributed by atoms with Gasteiger partial charge in [0, 0.05) is 31.1 Å². The minimum atomic E-state index is -1.02. The average molecular weight is 267 g/mol. The lowest BCUT2D eigenvalue weighted by molar-refractivity contribution is -0.141. The Kier molecular flexibility index (Phi) is 3.69. The van der Waals surface area contributed by atoms with E-state index in [1.807, 2.05) is 0 Å². The molecule has 0 spiro atoms.